The Morgan fingerprint density at radius 2 is 2.25 bits per heavy atom. The molecule has 6 nitrogen and oxygen atoms in total. The monoisotopic (exact) mass is 369 g/mol. The van der Waals surface area contributed by atoms with E-state index in [2.05, 4.69) is 5.10 Å². The van der Waals surface area contributed by atoms with Gasteiger partial charge in [-0.25, -0.2) is 8.42 Å². The number of aromatic nitrogens is 2. The average molecular weight is 370 g/mol. The number of nitrogens with zero attached hydrogens (tertiary/aromatic N) is 3. The molecule has 132 valence electrons. The molecule has 0 aromatic carbocycles. The van der Waals surface area contributed by atoms with Crippen LogP contribution in [0.2, 0.25) is 0 Å². The van der Waals surface area contributed by atoms with Gasteiger partial charge in [0.25, 0.3) is 0 Å². The first-order valence-corrected chi connectivity index (χ1v) is 10.4. The van der Waals surface area contributed by atoms with Gasteiger partial charge in [0.15, 0.2) is 0 Å². The van der Waals surface area contributed by atoms with Crippen LogP contribution in [0.3, 0.4) is 0 Å². The molecule has 1 atom stereocenters. The number of hydrogen-bond donors (Lipinski definition) is 0. The molecule has 0 unspecified atom stereocenters. The van der Waals surface area contributed by atoms with E-state index in [0.29, 0.717) is 36.0 Å². The summed E-state index contributed by atoms with van der Waals surface area (Å²) in [5, 5.41) is 6.24. The molecule has 0 aliphatic carbocycles. The normalized spacial score (nSPS) is 18.6. The van der Waals surface area contributed by atoms with Crippen molar-refractivity contribution in [2.24, 2.45) is 7.05 Å². The van der Waals surface area contributed by atoms with Gasteiger partial charge >= 0.3 is 0 Å². The van der Waals surface area contributed by atoms with Crippen molar-refractivity contribution in [3.05, 3.63) is 33.8 Å². The van der Waals surface area contributed by atoms with Crippen LogP contribution >= 0.6 is 11.3 Å². The summed E-state index contributed by atoms with van der Waals surface area (Å²) in [6.07, 6.45) is 1.86. The van der Waals surface area contributed by atoms with Gasteiger partial charge < -0.3 is 4.74 Å². The minimum Gasteiger partial charge on any atom is -0.377 e. The lowest BCUT2D eigenvalue weighted by Gasteiger charge is -2.24. The van der Waals surface area contributed by atoms with Crippen LogP contribution < -0.4 is 0 Å². The van der Waals surface area contributed by atoms with Gasteiger partial charge in [-0.1, -0.05) is 6.07 Å². The van der Waals surface area contributed by atoms with Gasteiger partial charge in [-0.3, -0.25) is 4.68 Å². The summed E-state index contributed by atoms with van der Waals surface area (Å²) in [5.74, 6) is 0. The predicted molar refractivity (Wildman–Crippen MR) is 93.6 cm³/mol. The number of thiophene rings is 1. The number of ether oxygens (including phenoxy) is 1. The second-order valence-electron chi connectivity index (χ2n) is 6.14. The second-order valence-corrected chi connectivity index (χ2v) is 9.04. The van der Waals surface area contributed by atoms with E-state index in [-0.39, 0.29) is 6.10 Å². The summed E-state index contributed by atoms with van der Waals surface area (Å²) >= 11 is 1.57. The van der Waals surface area contributed by atoms with E-state index in [1.54, 1.807) is 41.2 Å². The molecule has 3 rings (SSSR count). The van der Waals surface area contributed by atoms with Gasteiger partial charge in [0.1, 0.15) is 4.90 Å². The maximum absolute atomic E-state index is 13.3. The van der Waals surface area contributed by atoms with Crippen molar-refractivity contribution in [1.29, 1.82) is 0 Å². The fourth-order valence-electron chi connectivity index (χ4n) is 3.10. The molecule has 3 heterocycles. The first-order chi connectivity index (χ1) is 11.4. The Bertz CT molecular complexity index is 791. The molecule has 2 aromatic rings. The van der Waals surface area contributed by atoms with Crippen LogP contribution in [-0.4, -0.2) is 41.8 Å². The third-order valence-electron chi connectivity index (χ3n) is 4.38. The molecule has 0 N–H and O–H groups in total. The molecule has 1 fully saturated rings. The van der Waals surface area contributed by atoms with Crippen molar-refractivity contribution < 1.29 is 13.2 Å². The second kappa shape index (κ2) is 6.95. The Labute approximate surface area is 147 Å². The molecule has 0 saturated carbocycles. The Morgan fingerprint density at radius 3 is 2.79 bits per heavy atom. The van der Waals surface area contributed by atoms with E-state index in [9.17, 15) is 8.42 Å². The van der Waals surface area contributed by atoms with Gasteiger partial charge in [0.2, 0.25) is 10.0 Å². The third kappa shape index (κ3) is 3.42. The van der Waals surface area contributed by atoms with Crippen molar-refractivity contribution in [1.82, 2.24) is 14.1 Å². The van der Waals surface area contributed by atoms with E-state index in [1.165, 1.54) is 0 Å². The van der Waals surface area contributed by atoms with E-state index in [4.69, 9.17) is 4.74 Å². The predicted octanol–water partition coefficient (Wildman–Crippen LogP) is 2.47. The maximum atomic E-state index is 13.3. The van der Waals surface area contributed by atoms with E-state index < -0.39 is 10.0 Å². The van der Waals surface area contributed by atoms with Gasteiger partial charge in [-0.05, 0) is 38.1 Å². The summed E-state index contributed by atoms with van der Waals surface area (Å²) in [5.41, 5.74) is 1.20. The van der Waals surface area contributed by atoms with Crippen molar-refractivity contribution in [3.63, 3.8) is 0 Å². The quantitative estimate of drug-likeness (QED) is 0.785. The van der Waals surface area contributed by atoms with Crippen molar-refractivity contribution >= 4 is 21.4 Å². The van der Waals surface area contributed by atoms with Crippen molar-refractivity contribution in [2.75, 3.05) is 13.2 Å². The maximum Gasteiger partial charge on any atom is 0.247 e. The van der Waals surface area contributed by atoms with E-state index in [0.717, 1.165) is 17.7 Å². The summed E-state index contributed by atoms with van der Waals surface area (Å²) < 4.78 is 35.5. The summed E-state index contributed by atoms with van der Waals surface area (Å²) in [4.78, 5) is 1.34. The molecule has 0 radical (unpaired) electrons. The molecule has 1 aliphatic heterocycles. The molecular formula is C16H23N3O3S2. The fraction of sp³-hybridized carbons (Fsp3) is 0.562. The number of hydrogen-bond acceptors (Lipinski definition) is 5. The Hall–Kier alpha value is -1.22. The van der Waals surface area contributed by atoms with Gasteiger partial charge in [-0.15, -0.1) is 11.3 Å². The molecule has 2 aromatic heterocycles. The zero-order valence-electron chi connectivity index (χ0n) is 14.2. The number of sulfonamides is 1. The molecule has 1 saturated heterocycles. The lowest BCUT2D eigenvalue weighted by Crippen LogP contribution is -2.37. The number of rotatable bonds is 6. The van der Waals surface area contributed by atoms with Crippen LogP contribution in [0.5, 0.6) is 0 Å². The summed E-state index contributed by atoms with van der Waals surface area (Å²) in [6, 6.07) is 3.91. The van der Waals surface area contributed by atoms with Crippen LogP contribution in [-0.2, 0) is 28.4 Å². The third-order valence-corrected chi connectivity index (χ3v) is 7.31. The molecular weight excluding hydrogens is 346 g/mol. The summed E-state index contributed by atoms with van der Waals surface area (Å²) in [7, 11) is -1.86. The highest BCUT2D eigenvalue weighted by Crippen LogP contribution is 2.27. The Kier molecular flexibility index (Phi) is 5.10. The lowest BCUT2D eigenvalue weighted by atomic mass is 10.2. The topological polar surface area (TPSA) is 64.4 Å². The highest BCUT2D eigenvalue weighted by atomic mass is 32.2. The van der Waals surface area contributed by atoms with Crippen LogP contribution in [0.25, 0.3) is 0 Å². The van der Waals surface area contributed by atoms with Crippen molar-refractivity contribution in [2.45, 2.75) is 44.2 Å². The summed E-state index contributed by atoms with van der Waals surface area (Å²) in [6.45, 7) is 5.00. The Morgan fingerprint density at radius 1 is 1.46 bits per heavy atom. The van der Waals surface area contributed by atoms with E-state index >= 15 is 0 Å². The highest BCUT2D eigenvalue weighted by Gasteiger charge is 2.33. The zero-order chi connectivity index (χ0) is 17.3. The molecule has 8 heteroatoms. The largest absolute Gasteiger partial charge is 0.377 e. The van der Waals surface area contributed by atoms with Crippen molar-refractivity contribution in [3.8, 4) is 0 Å². The van der Waals surface area contributed by atoms with Crippen LogP contribution in [0.4, 0.5) is 0 Å². The molecule has 24 heavy (non-hydrogen) atoms. The standard InChI is InChI=1S/C16H23N3O3S2/c1-12-16(13(2)18(3)17-12)24(20,21)19(10-14-6-4-8-22-14)11-15-7-5-9-23-15/h5,7,9,14H,4,6,8,10-11H2,1-3H3/t14-/m1/s1. The molecule has 0 amide bonds. The first-order valence-electron chi connectivity index (χ1n) is 8.04. The molecule has 1 aliphatic rings. The first kappa shape index (κ1) is 17.6. The minimum atomic E-state index is -3.63. The lowest BCUT2D eigenvalue weighted by molar-refractivity contribution is 0.0927. The van der Waals surface area contributed by atoms with Gasteiger partial charge in [-0.2, -0.15) is 9.40 Å². The SMILES string of the molecule is Cc1nn(C)c(C)c1S(=O)(=O)N(Cc1cccs1)C[C@H]1CCCO1. The van der Waals surface area contributed by atoms with Gasteiger partial charge in [0, 0.05) is 31.6 Å². The molecule has 0 spiro atoms. The van der Waals surface area contributed by atoms with Crippen LogP contribution in [0, 0.1) is 13.8 Å². The molecule has 0 bridgehead atoms. The Balaban J connectivity index is 1.95. The smallest absolute Gasteiger partial charge is 0.247 e. The van der Waals surface area contributed by atoms with E-state index in [1.807, 2.05) is 17.5 Å². The fourth-order valence-corrected chi connectivity index (χ4v) is 5.75. The van der Waals surface area contributed by atoms with Crippen LogP contribution in [0.1, 0.15) is 29.1 Å². The number of aryl methyl sites for hydroxylation is 2. The van der Waals surface area contributed by atoms with Gasteiger partial charge in [0.05, 0.1) is 17.5 Å². The van der Waals surface area contributed by atoms with Crippen LogP contribution in [0.15, 0.2) is 22.4 Å². The highest BCUT2D eigenvalue weighted by molar-refractivity contribution is 7.89. The minimum absolute atomic E-state index is 0.0305. The average Bonchev–Trinajstić information content (AvgIpc) is 3.23. The zero-order valence-corrected chi connectivity index (χ0v) is 15.9.